The summed E-state index contributed by atoms with van der Waals surface area (Å²) in [4.78, 5) is 12.1. The van der Waals surface area contributed by atoms with Crippen LogP contribution in [0, 0.1) is 0 Å². The molecule has 1 amide bonds. The van der Waals surface area contributed by atoms with E-state index >= 15 is 0 Å². The molecule has 0 aliphatic rings. The van der Waals surface area contributed by atoms with Gasteiger partial charge in [0.1, 0.15) is 0 Å². The number of carbonyl (C=O) groups is 1. The molecule has 0 fully saturated rings. The molecule has 18 heavy (non-hydrogen) atoms. The zero-order chi connectivity index (χ0) is 13.4. The third-order valence-corrected chi connectivity index (χ3v) is 3.02. The Labute approximate surface area is 114 Å². The van der Waals surface area contributed by atoms with Gasteiger partial charge in [-0.1, -0.05) is 55.9 Å². The van der Waals surface area contributed by atoms with Crippen LogP contribution in [0.15, 0.2) is 30.3 Å². The molecule has 98 valence electrons. The van der Waals surface area contributed by atoms with Crippen LogP contribution in [0.2, 0.25) is 0 Å². The molecule has 0 bridgehead atoms. The molecule has 3 N–H and O–H groups in total. The van der Waals surface area contributed by atoms with Crippen molar-refractivity contribution in [3.63, 3.8) is 0 Å². The number of nitrogens with two attached hydrogens (primary N) is 1. The maximum atomic E-state index is 11.8. The van der Waals surface area contributed by atoms with Crippen LogP contribution in [0.5, 0.6) is 0 Å². The van der Waals surface area contributed by atoms with Gasteiger partial charge in [0.15, 0.2) is 0 Å². The standard InChI is InChI=1S/C14H20N2OS/c1-2-6-12(14(15)18)16-13(17)10-9-11-7-4-3-5-8-11/h3-5,7-8,12H,2,6,9-10H2,1H3,(H2,15,18)(H,16,17). The van der Waals surface area contributed by atoms with E-state index in [-0.39, 0.29) is 11.9 Å². The zero-order valence-electron chi connectivity index (χ0n) is 10.7. The predicted octanol–water partition coefficient (Wildman–Crippen LogP) is 2.19. The Morgan fingerprint density at radius 2 is 2.06 bits per heavy atom. The van der Waals surface area contributed by atoms with E-state index in [1.54, 1.807) is 0 Å². The van der Waals surface area contributed by atoms with E-state index < -0.39 is 0 Å². The van der Waals surface area contributed by atoms with Crippen molar-refractivity contribution in [2.24, 2.45) is 5.73 Å². The first-order valence-electron chi connectivity index (χ1n) is 6.26. The Hall–Kier alpha value is -1.42. The molecule has 1 atom stereocenters. The first kappa shape index (κ1) is 14.6. The van der Waals surface area contributed by atoms with Crippen LogP contribution in [0.4, 0.5) is 0 Å². The molecule has 0 heterocycles. The van der Waals surface area contributed by atoms with Gasteiger partial charge < -0.3 is 11.1 Å². The number of rotatable bonds is 7. The van der Waals surface area contributed by atoms with Gasteiger partial charge in [0, 0.05) is 6.42 Å². The SMILES string of the molecule is CCCC(NC(=O)CCc1ccccc1)C(N)=S. The van der Waals surface area contributed by atoms with Crippen LogP contribution in [0.25, 0.3) is 0 Å². The van der Waals surface area contributed by atoms with Gasteiger partial charge in [-0.15, -0.1) is 0 Å². The maximum absolute atomic E-state index is 11.8. The number of hydrogen-bond donors (Lipinski definition) is 2. The van der Waals surface area contributed by atoms with E-state index in [4.69, 9.17) is 18.0 Å². The topological polar surface area (TPSA) is 55.1 Å². The molecule has 1 aromatic carbocycles. The second-order valence-corrected chi connectivity index (χ2v) is 4.77. The lowest BCUT2D eigenvalue weighted by atomic mass is 10.1. The summed E-state index contributed by atoms with van der Waals surface area (Å²) in [7, 11) is 0. The Morgan fingerprint density at radius 3 is 2.61 bits per heavy atom. The van der Waals surface area contributed by atoms with Gasteiger partial charge in [-0.3, -0.25) is 4.79 Å². The molecule has 4 heteroatoms. The second kappa shape index (κ2) is 7.82. The van der Waals surface area contributed by atoms with Gasteiger partial charge in [0.05, 0.1) is 11.0 Å². The second-order valence-electron chi connectivity index (χ2n) is 4.30. The van der Waals surface area contributed by atoms with Gasteiger partial charge in [-0.25, -0.2) is 0 Å². The van der Waals surface area contributed by atoms with Crippen molar-refractivity contribution >= 4 is 23.1 Å². The largest absolute Gasteiger partial charge is 0.392 e. The number of hydrogen-bond acceptors (Lipinski definition) is 2. The van der Waals surface area contributed by atoms with Crippen molar-refractivity contribution in [2.75, 3.05) is 0 Å². The van der Waals surface area contributed by atoms with Crippen molar-refractivity contribution in [1.82, 2.24) is 5.32 Å². The van der Waals surface area contributed by atoms with Crippen LogP contribution in [0.3, 0.4) is 0 Å². The Balaban J connectivity index is 2.39. The average molecular weight is 264 g/mol. The fourth-order valence-electron chi connectivity index (χ4n) is 1.74. The highest BCUT2D eigenvalue weighted by Crippen LogP contribution is 2.03. The van der Waals surface area contributed by atoms with Gasteiger partial charge >= 0.3 is 0 Å². The number of amides is 1. The minimum atomic E-state index is -0.173. The van der Waals surface area contributed by atoms with Crippen molar-refractivity contribution < 1.29 is 4.79 Å². The quantitative estimate of drug-likeness (QED) is 0.742. The molecule has 1 rings (SSSR count). The summed E-state index contributed by atoms with van der Waals surface area (Å²) in [6, 6.07) is 9.78. The molecule has 1 unspecified atom stereocenters. The van der Waals surface area contributed by atoms with Crippen molar-refractivity contribution in [3.8, 4) is 0 Å². The van der Waals surface area contributed by atoms with E-state index in [2.05, 4.69) is 5.32 Å². The summed E-state index contributed by atoms with van der Waals surface area (Å²) in [5.41, 5.74) is 6.76. The number of aryl methyl sites for hydroxylation is 1. The summed E-state index contributed by atoms with van der Waals surface area (Å²) < 4.78 is 0. The van der Waals surface area contributed by atoms with Gasteiger partial charge in [-0.05, 0) is 18.4 Å². The van der Waals surface area contributed by atoms with E-state index in [0.717, 1.165) is 24.8 Å². The highest BCUT2D eigenvalue weighted by molar-refractivity contribution is 7.80. The average Bonchev–Trinajstić information content (AvgIpc) is 2.37. The lowest BCUT2D eigenvalue weighted by Gasteiger charge is -2.16. The van der Waals surface area contributed by atoms with Gasteiger partial charge in [-0.2, -0.15) is 0 Å². The molecule has 0 spiro atoms. The highest BCUT2D eigenvalue weighted by atomic mass is 32.1. The van der Waals surface area contributed by atoms with Crippen molar-refractivity contribution in [2.45, 2.75) is 38.6 Å². The van der Waals surface area contributed by atoms with Crippen LogP contribution in [0.1, 0.15) is 31.7 Å². The van der Waals surface area contributed by atoms with Crippen LogP contribution >= 0.6 is 12.2 Å². The molecule has 1 aromatic rings. The Bertz CT molecular complexity index is 392. The molecule has 0 saturated heterocycles. The smallest absolute Gasteiger partial charge is 0.220 e. The van der Waals surface area contributed by atoms with E-state index in [1.165, 1.54) is 0 Å². The first-order chi connectivity index (χ1) is 8.63. The van der Waals surface area contributed by atoms with Gasteiger partial charge in [0.25, 0.3) is 0 Å². The number of carbonyl (C=O) groups excluding carboxylic acids is 1. The first-order valence-corrected chi connectivity index (χ1v) is 6.67. The summed E-state index contributed by atoms with van der Waals surface area (Å²) >= 11 is 4.94. The van der Waals surface area contributed by atoms with Crippen molar-refractivity contribution in [1.29, 1.82) is 0 Å². The molecular formula is C14H20N2OS. The minimum absolute atomic E-state index is 0.00473. The third-order valence-electron chi connectivity index (χ3n) is 2.74. The molecule has 0 saturated carbocycles. The minimum Gasteiger partial charge on any atom is -0.392 e. The Kier molecular flexibility index (Phi) is 6.36. The molecule has 3 nitrogen and oxygen atoms in total. The lowest BCUT2D eigenvalue weighted by molar-refractivity contribution is -0.121. The monoisotopic (exact) mass is 264 g/mol. The van der Waals surface area contributed by atoms with E-state index in [1.807, 2.05) is 37.3 Å². The molecular weight excluding hydrogens is 244 g/mol. The van der Waals surface area contributed by atoms with Crippen LogP contribution < -0.4 is 11.1 Å². The maximum Gasteiger partial charge on any atom is 0.220 e. The number of nitrogens with one attached hydrogen (secondary N) is 1. The summed E-state index contributed by atoms with van der Waals surface area (Å²) in [6.45, 7) is 2.04. The molecule has 0 radical (unpaired) electrons. The molecule has 0 aliphatic heterocycles. The Morgan fingerprint density at radius 1 is 1.39 bits per heavy atom. The summed E-state index contributed by atoms with van der Waals surface area (Å²) in [5, 5.41) is 2.88. The van der Waals surface area contributed by atoms with E-state index in [0.29, 0.717) is 11.4 Å². The fourth-order valence-corrected chi connectivity index (χ4v) is 1.92. The lowest BCUT2D eigenvalue weighted by Crippen LogP contribution is -2.43. The zero-order valence-corrected chi connectivity index (χ0v) is 11.5. The predicted molar refractivity (Wildman–Crippen MR) is 78.4 cm³/mol. The fraction of sp³-hybridized carbons (Fsp3) is 0.429. The number of thiocarbonyl (C=S) groups is 1. The highest BCUT2D eigenvalue weighted by Gasteiger charge is 2.13. The van der Waals surface area contributed by atoms with Gasteiger partial charge in [0.2, 0.25) is 5.91 Å². The molecule has 0 aliphatic carbocycles. The third kappa shape index (κ3) is 5.27. The van der Waals surface area contributed by atoms with E-state index in [9.17, 15) is 4.79 Å². The number of benzene rings is 1. The van der Waals surface area contributed by atoms with Crippen LogP contribution in [-0.2, 0) is 11.2 Å². The summed E-state index contributed by atoms with van der Waals surface area (Å²) in [5.74, 6) is 0.00473. The summed E-state index contributed by atoms with van der Waals surface area (Å²) in [6.07, 6.45) is 2.95. The van der Waals surface area contributed by atoms with Crippen LogP contribution in [-0.4, -0.2) is 16.9 Å². The molecule has 0 aromatic heterocycles. The van der Waals surface area contributed by atoms with Crippen molar-refractivity contribution in [3.05, 3.63) is 35.9 Å². The normalized spacial score (nSPS) is 11.8.